The molecule has 0 saturated carbocycles. The minimum atomic E-state index is -1.76. The average Bonchev–Trinajstić information content (AvgIpc) is 3.53. The van der Waals surface area contributed by atoms with Crippen molar-refractivity contribution in [2.75, 3.05) is 0 Å². The largest absolute Gasteiger partial charge is 0.454 e. The third-order valence-corrected chi connectivity index (χ3v) is 12.1. The number of fused-ring (bicyclic) bond motifs is 3. The van der Waals surface area contributed by atoms with E-state index in [0.29, 0.717) is 5.56 Å². The number of nitrogens with zero attached hydrogens (tertiary/aromatic N) is 2. The lowest BCUT2D eigenvalue weighted by Gasteiger charge is -2.21. The predicted octanol–water partition coefficient (Wildman–Crippen LogP) is 11.5. The Morgan fingerprint density at radius 1 is 0.569 bits per heavy atom. The summed E-state index contributed by atoms with van der Waals surface area (Å²) in [7, 11) is 0.392. The second-order valence-electron chi connectivity index (χ2n) is 14.4. The Morgan fingerprint density at radius 3 is 1.61 bits per heavy atom. The number of aryl methyl sites for hydroxylation is 2. The van der Waals surface area contributed by atoms with Crippen LogP contribution in [0.15, 0.2) is 150 Å². The Labute approximate surface area is 300 Å². The Hall–Kier alpha value is -6.02. The van der Waals surface area contributed by atoms with Gasteiger partial charge in [-0.1, -0.05) is 141 Å². The normalized spacial score (nSPS) is 11.6. The van der Waals surface area contributed by atoms with Crippen LogP contribution in [0.3, 0.4) is 0 Å². The van der Waals surface area contributed by atoms with Crippen LogP contribution in [0.4, 0.5) is 0 Å². The minimum Gasteiger partial charge on any atom is -0.454 e. The van der Waals surface area contributed by atoms with Crippen molar-refractivity contribution in [2.45, 2.75) is 26.6 Å². The monoisotopic (exact) mass is 675 g/mol. The van der Waals surface area contributed by atoms with Crippen LogP contribution in [-0.2, 0) is 7.05 Å². The Bertz CT molecular complexity index is 2610. The number of benzene rings is 6. The molecule has 0 N–H and O–H groups in total. The number of pyridine rings is 1. The molecule has 0 aliphatic rings. The number of hydrogen-bond acceptors (Lipinski definition) is 2. The van der Waals surface area contributed by atoms with E-state index in [1.807, 2.05) is 42.5 Å². The van der Waals surface area contributed by atoms with Gasteiger partial charge in [-0.2, -0.15) is 5.26 Å². The van der Waals surface area contributed by atoms with E-state index in [-0.39, 0.29) is 0 Å². The van der Waals surface area contributed by atoms with Gasteiger partial charge < -0.3 is 4.42 Å². The second-order valence-corrected chi connectivity index (χ2v) is 19.5. The summed E-state index contributed by atoms with van der Waals surface area (Å²) in [5, 5.41) is 13.6. The quantitative estimate of drug-likeness (QED) is 0.130. The zero-order chi connectivity index (χ0) is 35.3. The molecule has 51 heavy (non-hydrogen) atoms. The molecule has 0 bridgehead atoms. The maximum atomic E-state index is 10.1. The third-order valence-electron chi connectivity index (χ3n) is 10.1. The number of nitriles is 1. The molecule has 0 radical (unpaired) electrons. The first-order chi connectivity index (χ1) is 24.7. The van der Waals surface area contributed by atoms with Crippen LogP contribution in [0, 0.1) is 18.3 Å². The van der Waals surface area contributed by atoms with Crippen LogP contribution in [0.1, 0.15) is 11.1 Å². The molecule has 0 atom stereocenters. The van der Waals surface area contributed by atoms with Gasteiger partial charge in [0.1, 0.15) is 18.2 Å². The summed E-state index contributed by atoms with van der Waals surface area (Å²) in [6, 6.07) is 51.5. The van der Waals surface area contributed by atoms with E-state index >= 15 is 0 Å². The molecule has 0 unspecified atom stereocenters. The summed E-state index contributed by atoms with van der Waals surface area (Å²) in [6.45, 7) is 9.40. The molecule has 6 aromatic carbocycles. The first-order valence-electron chi connectivity index (χ1n) is 17.5. The molecular weight excluding hydrogens is 637 g/mol. The van der Waals surface area contributed by atoms with Gasteiger partial charge in [-0.15, -0.1) is 0 Å². The fourth-order valence-corrected chi connectivity index (χ4v) is 8.97. The van der Waals surface area contributed by atoms with E-state index in [9.17, 15) is 5.26 Å². The first kappa shape index (κ1) is 32.2. The number of rotatable bonds is 6. The Morgan fingerprint density at radius 2 is 1.06 bits per heavy atom. The third kappa shape index (κ3) is 5.76. The van der Waals surface area contributed by atoms with Gasteiger partial charge in [-0.25, -0.2) is 4.57 Å². The SMILES string of the molecule is Cc1ccc2c(oc3c(-c4ccccc4)c(C#N)ccc32)c1-c1cc(-c2ccc(-c3ccc(-c4ccccc4)cc3)cc2)c([Si](C)(C)C)c[n+]1C. The van der Waals surface area contributed by atoms with Crippen molar-refractivity contribution in [1.29, 1.82) is 5.26 Å². The first-order valence-corrected chi connectivity index (χ1v) is 21.0. The topological polar surface area (TPSA) is 40.8 Å². The zero-order valence-corrected chi connectivity index (χ0v) is 30.7. The Kier molecular flexibility index (Phi) is 8.02. The summed E-state index contributed by atoms with van der Waals surface area (Å²) in [4.78, 5) is 0. The molecule has 0 fully saturated rings. The van der Waals surface area contributed by atoms with Gasteiger partial charge in [0.05, 0.1) is 25.3 Å². The molecule has 4 heteroatoms. The van der Waals surface area contributed by atoms with Crippen molar-refractivity contribution in [3.8, 4) is 61.8 Å². The molecule has 3 nitrogen and oxygen atoms in total. The highest BCUT2D eigenvalue weighted by atomic mass is 28.3. The summed E-state index contributed by atoms with van der Waals surface area (Å²) in [6.07, 6.45) is 2.34. The van der Waals surface area contributed by atoms with Crippen molar-refractivity contribution in [3.05, 3.63) is 157 Å². The predicted molar refractivity (Wildman–Crippen MR) is 215 cm³/mol. The van der Waals surface area contributed by atoms with Gasteiger partial charge in [0.15, 0.2) is 6.20 Å². The van der Waals surface area contributed by atoms with Gasteiger partial charge >= 0.3 is 0 Å². The summed E-state index contributed by atoms with van der Waals surface area (Å²) >= 11 is 0. The van der Waals surface area contributed by atoms with E-state index in [2.05, 4.69) is 148 Å². The molecule has 0 aliphatic heterocycles. The minimum absolute atomic E-state index is 0.606. The lowest BCUT2D eigenvalue weighted by Crippen LogP contribution is -2.46. The number of aromatic nitrogens is 1. The Balaban J connectivity index is 1.27. The van der Waals surface area contributed by atoms with E-state index < -0.39 is 8.07 Å². The van der Waals surface area contributed by atoms with Crippen LogP contribution in [0.2, 0.25) is 19.6 Å². The smallest absolute Gasteiger partial charge is 0.216 e. The van der Waals surface area contributed by atoms with Crippen LogP contribution >= 0.6 is 0 Å². The number of furan rings is 1. The van der Waals surface area contributed by atoms with Gasteiger partial charge in [0.25, 0.3) is 0 Å². The number of hydrogen-bond donors (Lipinski definition) is 0. The highest BCUT2D eigenvalue weighted by molar-refractivity contribution is 6.89. The van der Waals surface area contributed by atoms with E-state index in [4.69, 9.17) is 4.42 Å². The van der Waals surface area contributed by atoms with Crippen LogP contribution < -0.4 is 9.75 Å². The van der Waals surface area contributed by atoms with Gasteiger partial charge in [0, 0.05) is 27.6 Å². The van der Waals surface area contributed by atoms with Gasteiger partial charge in [0.2, 0.25) is 5.69 Å². The van der Waals surface area contributed by atoms with Crippen LogP contribution in [-0.4, -0.2) is 8.07 Å². The molecule has 0 amide bonds. The van der Waals surface area contributed by atoms with Crippen molar-refractivity contribution < 1.29 is 8.98 Å². The fraction of sp³-hybridized carbons (Fsp3) is 0.106. The molecule has 0 spiro atoms. The molecule has 246 valence electrons. The van der Waals surface area contributed by atoms with E-state index in [1.165, 1.54) is 38.6 Å². The highest BCUT2D eigenvalue weighted by Crippen LogP contribution is 2.42. The van der Waals surface area contributed by atoms with Crippen molar-refractivity contribution >= 4 is 35.2 Å². The lowest BCUT2D eigenvalue weighted by atomic mass is 9.95. The van der Waals surface area contributed by atoms with Crippen molar-refractivity contribution in [3.63, 3.8) is 0 Å². The van der Waals surface area contributed by atoms with Crippen molar-refractivity contribution in [2.24, 2.45) is 7.05 Å². The molecule has 0 saturated heterocycles. The molecule has 2 aromatic heterocycles. The fourth-order valence-electron chi connectivity index (χ4n) is 7.37. The molecule has 8 rings (SSSR count). The highest BCUT2D eigenvalue weighted by Gasteiger charge is 2.29. The second kappa shape index (κ2) is 12.7. The van der Waals surface area contributed by atoms with Crippen LogP contribution in [0.5, 0.6) is 0 Å². The molecule has 2 heterocycles. The maximum Gasteiger partial charge on any atom is 0.216 e. The van der Waals surface area contributed by atoms with Crippen molar-refractivity contribution in [1.82, 2.24) is 0 Å². The summed E-state index contributed by atoms with van der Waals surface area (Å²) in [5.74, 6) is 0. The van der Waals surface area contributed by atoms with Crippen LogP contribution in [0.25, 0.3) is 77.7 Å². The molecule has 8 aromatic rings. The standard InChI is InChI=1S/C47H39N2OSi/c1-31-16-26-39-40-27-25-38(29-48)45(37-14-10-7-11-15-37)47(40)50-46(39)44(31)42-28-41(43(30-49(42)2)51(3,4)5)36-23-21-35(22-24-36)34-19-17-33(18-20-34)32-12-8-6-9-13-32/h6-28,30H,1-5H3/q+1. The summed E-state index contributed by atoms with van der Waals surface area (Å²) in [5.41, 5.74) is 14.6. The van der Waals surface area contributed by atoms with Gasteiger partial charge in [-0.05, 0) is 63.6 Å². The zero-order valence-electron chi connectivity index (χ0n) is 29.7. The summed E-state index contributed by atoms with van der Waals surface area (Å²) < 4.78 is 9.16. The lowest BCUT2D eigenvalue weighted by molar-refractivity contribution is -0.659. The van der Waals surface area contributed by atoms with E-state index in [1.54, 1.807) is 0 Å². The van der Waals surface area contributed by atoms with Gasteiger partial charge in [-0.3, -0.25) is 0 Å². The van der Waals surface area contributed by atoms with E-state index in [0.717, 1.165) is 49.9 Å². The maximum absolute atomic E-state index is 10.1. The molecule has 0 aliphatic carbocycles. The average molecular weight is 676 g/mol. The molecular formula is C47H39N2OSi+.